The Morgan fingerprint density at radius 2 is 1.88 bits per heavy atom. The molecule has 0 bridgehead atoms. The average Bonchev–Trinajstić information content (AvgIpc) is 3.12. The summed E-state index contributed by atoms with van der Waals surface area (Å²) in [7, 11) is 0. The third kappa shape index (κ3) is 4.46. The second kappa shape index (κ2) is 7.37. The van der Waals surface area contributed by atoms with Crippen molar-refractivity contribution < 1.29 is 9.21 Å². The summed E-state index contributed by atoms with van der Waals surface area (Å²) in [5.74, 6) is 1.23. The van der Waals surface area contributed by atoms with Crippen LogP contribution < -0.4 is 5.32 Å². The summed E-state index contributed by atoms with van der Waals surface area (Å²) in [5.41, 5.74) is 2.79. The number of hydrogen-bond donors (Lipinski definition) is 1. The molecule has 3 aromatic heterocycles. The van der Waals surface area contributed by atoms with Crippen LogP contribution in [-0.2, 0) is 5.75 Å². The van der Waals surface area contributed by atoms with Crippen LogP contribution in [0.2, 0.25) is 0 Å². The van der Waals surface area contributed by atoms with Gasteiger partial charge in [0, 0.05) is 16.3 Å². The van der Waals surface area contributed by atoms with E-state index in [0.717, 1.165) is 22.0 Å². The molecule has 6 nitrogen and oxygen atoms in total. The van der Waals surface area contributed by atoms with Crippen molar-refractivity contribution in [2.45, 2.75) is 38.6 Å². The summed E-state index contributed by atoms with van der Waals surface area (Å²) in [6.07, 6.45) is 0. The Bertz CT molecular complexity index is 878. The average molecular weight is 374 g/mol. The molecular weight excluding hydrogens is 356 g/mol. The molecule has 0 saturated heterocycles. The summed E-state index contributed by atoms with van der Waals surface area (Å²) in [5, 5.41) is 4.05. The third-order valence-electron chi connectivity index (χ3n) is 3.44. The van der Waals surface area contributed by atoms with Crippen molar-refractivity contribution in [3.8, 4) is 0 Å². The molecule has 3 heterocycles. The van der Waals surface area contributed by atoms with Crippen LogP contribution in [0.4, 0.5) is 5.13 Å². The lowest BCUT2D eigenvalue weighted by atomic mass is 10.4. The number of thiazole rings is 1. The van der Waals surface area contributed by atoms with Gasteiger partial charge in [-0.05, 0) is 45.9 Å². The highest BCUT2D eigenvalue weighted by atomic mass is 32.2. The number of aryl methyl sites for hydroxylation is 4. The van der Waals surface area contributed by atoms with Gasteiger partial charge in [-0.1, -0.05) is 11.8 Å². The summed E-state index contributed by atoms with van der Waals surface area (Å²) < 4.78 is 5.63. The lowest BCUT2D eigenvalue weighted by Crippen LogP contribution is -2.10. The van der Waals surface area contributed by atoms with Crippen molar-refractivity contribution in [1.29, 1.82) is 0 Å². The second-order valence-corrected chi connectivity index (χ2v) is 7.75. The number of aromatic nitrogens is 3. The molecule has 25 heavy (non-hydrogen) atoms. The highest BCUT2D eigenvalue weighted by Gasteiger charge is 2.14. The fourth-order valence-corrected chi connectivity index (χ4v) is 3.81. The second-order valence-electron chi connectivity index (χ2n) is 5.60. The number of anilines is 1. The van der Waals surface area contributed by atoms with E-state index < -0.39 is 0 Å². The van der Waals surface area contributed by atoms with Crippen molar-refractivity contribution >= 4 is 34.1 Å². The Kier molecular flexibility index (Phi) is 5.19. The first-order valence-corrected chi connectivity index (χ1v) is 9.50. The molecule has 0 aliphatic carbocycles. The fourth-order valence-electron chi connectivity index (χ4n) is 2.16. The smallest absolute Gasteiger partial charge is 0.293 e. The summed E-state index contributed by atoms with van der Waals surface area (Å²) in [6, 6.07) is 5.39. The number of nitrogens with one attached hydrogen (secondary N) is 1. The topological polar surface area (TPSA) is 80.9 Å². The van der Waals surface area contributed by atoms with Crippen molar-refractivity contribution in [3.05, 3.63) is 51.7 Å². The first kappa shape index (κ1) is 17.6. The maximum Gasteiger partial charge on any atom is 0.293 e. The summed E-state index contributed by atoms with van der Waals surface area (Å²) >= 11 is 2.93. The molecule has 3 aromatic rings. The van der Waals surface area contributed by atoms with Crippen molar-refractivity contribution in [1.82, 2.24) is 15.0 Å². The molecule has 0 saturated carbocycles. The van der Waals surface area contributed by atoms with E-state index in [4.69, 9.17) is 4.42 Å². The lowest BCUT2D eigenvalue weighted by Gasteiger charge is -2.01. The molecule has 0 fully saturated rings. The molecule has 0 aliphatic heterocycles. The monoisotopic (exact) mass is 374 g/mol. The Morgan fingerprint density at radius 1 is 1.16 bits per heavy atom. The van der Waals surface area contributed by atoms with Gasteiger partial charge in [0.2, 0.25) is 0 Å². The van der Waals surface area contributed by atoms with Crippen LogP contribution >= 0.6 is 23.1 Å². The van der Waals surface area contributed by atoms with E-state index >= 15 is 0 Å². The zero-order valence-electron chi connectivity index (χ0n) is 14.4. The normalized spacial score (nSPS) is 10.9. The van der Waals surface area contributed by atoms with E-state index in [1.54, 1.807) is 12.1 Å². The minimum atomic E-state index is -0.298. The molecule has 3 rings (SSSR count). The molecule has 0 atom stereocenters. The van der Waals surface area contributed by atoms with Crippen molar-refractivity contribution in [2.75, 3.05) is 5.32 Å². The Hall–Kier alpha value is -2.19. The van der Waals surface area contributed by atoms with E-state index in [0.29, 0.717) is 21.8 Å². The van der Waals surface area contributed by atoms with Gasteiger partial charge >= 0.3 is 0 Å². The van der Waals surface area contributed by atoms with Gasteiger partial charge < -0.3 is 4.42 Å². The zero-order chi connectivity index (χ0) is 18.0. The van der Waals surface area contributed by atoms with E-state index in [-0.39, 0.29) is 11.7 Å². The van der Waals surface area contributed by atoms with Crippen LogP contribution in [0.3, 0.4) is 0 Å². The molecule has 8 heteroatoms. The highest BCUT2D eigenvalue weighted by molar-refractivity contribution is 7.98. The van der Waals surface area contributed by atoms with E-state index in [9.17, 15) is 4.79 Å². The molecule has 0 unspecified atom stereocenters. The van der Waals surface area contributed by atoms with Gasteiger partial charge in [0.25, 0.3) is 5.91 Å². The Morgan fingerprint density at radius 3 is 2.52 bits per heavy atom. The van der Waals surface area contributed by atoms with Crippen LogP contribution in [-0.4, -0.2) is 20.9 Å². The van der Waals surface area contributed by atoms with E-state index in [1.165, 1.54) is 23.1 Å². The van der Waals surface area contributed by atoms with Gasteiger partial charge in [0.1, 0.15) is 5.76 Å². The minimum Gasteiger partial charge on any atom is -0.455 e. The van der Waals surface area contributed by atoms with Crippen LogP contribution in [0, 0.1) is 27.7 Å². The molecule has 0 radical (unpaired) electrons. The number of hydrogen-bond acceptors (Lipinski definition) is 7. The van der Waals surface area contributed by atoms with Gasteiger partial charge in [0.15, 0.2) is 16.0 Å². The van der Waals surface area contributed by atoms with E-state index in [2.05, 4.69) is 20.3 Å². The third-order valence-corrected chi connectivity index (χ3v) is 5.30. The SMILES string of the molecule is Cc1cc(C)nc(SCc2ccc(C(=O)Nc3nc(C)c(C)s3)o2)n1. The molecule has 0 aromatic carbocycles. The predicted octanol–water partition coefficient (Wildman–Crippen LogP) is 4.30. The van der Waals surface area contributed by atoms with Crippen LogP contribution in [0.5, 0.6) is 0 Å². The number of nitrogens with zero attached hydrogens (tertiary/aromatic N) is 3. The van der Waals surface area contributed by atoms with Gasteiger partial charge in [-0.2, -0.15) is 0 Å². The Labute approximate surface area is 154 Å². The largest absolute Gasteiger partial charge is 0.455 e. The fraction of sp³-hybridized carbons (Fsp3) is 0.294. The first-order valence-electron chi connectivity index (χ1n) is 7.70. The molecule has 130 valence electrons. The Balaban J connectivity index is 1.62. The number of thioether (sulfide) groups is 1. The number of carbonyl (C=O) groups is 1. The first-order chi connectivity index (χ1) is 11.9. The predicted molar refractivity (Wildman–Crippen MR) is 99.3 cm³/mol. The lowest BCUT2D eigenvalue weighted by molar-refractivity contribution is 0.0995. The van der Waals surface area contributed by atoms with Crippen LogP contribution in [0.25, 0.3) is 0 Å². The summed E-state index contributed by atoms with van der Waals surface area (Å²) in [4.78, 5) is 26.4. The standard InChI is InChI=1S/C17H18N4O2S2/c1-9-7-10(2)19-16(18-9)24-8-13-5-6-14(23-13)15(22)21-17-20-11(3)12(4)25-17/h5-7H,8H2,1-4H3,(H,20,21,22). The van der Waals surface area contributed by atoms with Crippen molar-refractivity contribution in [3.63, 3.8) is 0 Å². The van der Waals surface area contributed by atoms with Gasteiger partial charge in [-0.15, -0.1) is 11.3 Å². The van der Waals surface area contributed by atoms with Gasteiger partial charge in [0.05, 0.1) is 11.4 Å². The van der Waals surface area contributed by atoms with Gasteiger partial charge in [-0.3, -0.25) is 10.1 Å². The number of amides is 1. The molecule has 1 amide bonds. The number of rotatable bonds is 5. The molecule has 1 N–H and O–H groups in total. The van der Waals surface area contributed by atoms with Crippen molar-refractivity contribution in [2.24, 2.45) is 0 Å². The molecular formula is C17H18N4O2S2. The van der Waals surface area contributed by atoms with Crippen LogP contribution in [0.15, 0.2) is 27.8 Å². The minimum absolute atomic E-state index is 0.266. The maximum absolute atomic E-state index is 12.2. The number of carbonyl (C=O) groups excluding carboxylic acids is 1. The van der Waals surface area contributed by atoms with Crippen LogP contribution in [0.1, 0.15) is 38.3 Å². The summed E-state index contributed by atoms with van der Waals surface area (Å²) in [6.45, 7) is 7.77. The zero-order valence-corrected chi connectivity index (χ0v) is 16.0. The molecule has 0 aliphatic rings. The number of furan rings is 1. The quantitative estimate of drug-likeness (QED) is 0.529. The maximum atomic E-state index is 12.2. The van der Waals surface area contributed by atoms with Gasteiger partial charge in [-0.25, -0.2) is 15.0 Å². The molecule has 0 spiro atoms. The van der Waals surface area contributed by atoms with E-state index in [1.807, 2.05) is 33.8 Å². The highest BCUT2D eigenvalue weighted by Crippen LogP contribution is 2.24.